The Morgan fingerprint density at radius 2 is 1.50 bits per heavy atom. The third-order valence-electron chi connectivity index (χ3n) is 4.73. The number of alkyl halides is 3. The number of carbonyl (C=O) groups is 2. The van der Waals surface area contributed by atoms with Gasteiger partial charge >= 0.3 is 6.18 Å². The van der Waals surface area contributed by atoms with E-state index in [1.54, 1.807) is 30.3 Å². The summed E-state index contributed by atoms with van der Waals surface area (Å²) in [5, 5.41) is 5.30. The Kier molecular flexibility index (Phi) is 7.25. The third-order valence-corrected chi connectivity index (χ3v) is 4.73. The molecule has 8 heteroatoms. The second-order valence-electron chi connectivity index (χ2n) is 7.05. The topological polar surface area (TPSA) is 58.2 Å². The van der Waals surface area contributed by atoms with Gasteiger partial charge in [-0.15, -0.1) is 0 Å². The van der Waals surface area contributed by atoms with E-state index in [-0.39, 0.29) is 24.1 Å². The van der Waals surface area contributed by atoms with Crippen LogP contribution in [0.15, 0.2) is 78.9 Å². The number of hydrogen-bond donors (Lipinski definition) is 2. The van der Waals surface area contributed by atoms with E-state index >= 15 is 0 Å². The van der Waals surface area contributed by atoms with E-state index in [0.29, 0.717) is 5.56 Å². The van der Waals surface area contributed by atoms with Crippen LogP contribution in [-0.4, -0.2) is 18.4 Å². The van der Waals surface area contributed by atoms with Crippen LogP contribution in [0.1, 0.15) is 39.5 Å². The van der Waals surface area contributed by atoms with Crippen LogP contribution in [-0.2, 0) is 11.0 Å². The zero-order valence-electron chi connectivity index (χ0n) is 16.8. The molecule has 0 aliphatic rings. The van der Waals surface area contributed by atoms with Gasteiger partial charge in [-0.05, 0) is 47.5 Å². The van der Waals surface area contributed by atoms with E-state index in [9.17, 15) is 27.2 Å². The van der Waals surface area contributed by atoms with Gasteiger partial charge in [0.15, 0.2) is 0 Å². The molecule has 0 saturated heterocycles. The van der Waals surface area contributed by atoms with Crippen molar-refractivity contribution in [2.45, 2.75) is 18.6 Å². The maximum Gasteiger partial charge on any atom is 0.416 e. The summed E-state index contributed by atoms with van der Waals surface area (Å²) in [5.74, 6) is -1.38. The van der Waals surface area contributed by atoms with E-state index in [1.165, 1.54) is 24.3 Å². The second kappa shape index (κ2) is 10.1. The molecule has 0 bridgehead atoms. The molecule has 32 heavy (non-hydrogen) atoms. The van der Waals surface area contributed by atoms with E-state index in [4.69, 9.17) is 0 Å². The number of amides is 2. The van der Waals surface area contributed by atoms with E-state index in [1.807, 2.05) is 0 Å². The summed E-state index contributed by atoms with van der Waals surface area (Å²) in [5.41, 5.74) is 0.347. The van der Waals surface area contributed by atoms with Crippen molar-refractivity contribution >= 4 is 11.8 Å². The lowest BCUT2D eigenvalue weighted by molar-refractivity contribution is -0.137. The molecule has 2 amide bonds. The first-order valence-corrected chi connectivity index (χ1v) is 9.79. The van der Waals surface area contributed by atoms with Gasteiger partial charge in [-0.2, -0.15) is 13.2 Å². The summed E-state index contributed by atoms with van der Waals surface area (Å²) in [4.78, 5) is 24.6. The minimum atomic E-state index is -4.51. The standard InChI is InChI=1S/C24H20F4N2O2/c25-20-11-9-17(10-12-20)23(32)29-14-13-21(31)30-22(16-5-2-1-3-6-16)18-7-4-8-19(15-18)24(26,27)28/h1-12,15,22H,13-14H2,(H,29,32)(H,30,31). The molecule has 0 radical (unpaired) electrons. The fraction of sp³-hybridized carbons (Fsp3) is 0.167. The van der Waals surface area contributed by atoms with Gasteiger partial charge < -0.3 is 10.6 Å². The summed E-state index contributed by atoms with van der Waals surface area (Å²) in [6.45, 7) is 0.00609. The lowest BCUT2D eigenvalue weighted by atomic mass is 9.96. The first kappa shape index (κ1) is 23.0. The minimum absolute atomic E-state index is 0.00609. The number of hydrogen-bond acceptors (Lipinski definition) is 2. The maximum absolute atomic E-state index is 13.2. The monoisotopic (exact) mass is 444 g/mol. The lowest BCUT2D eigenvalue weighted by Crippen LogP contribution is -2.33. The van der Waals surface area contributed by atoms with Crippen molar-refractivity contribution in [3.8, 4) is 0 Å². The van der Waals surface area contributed by atoms with Gasteiger partial charge in [0.2, 0.25) is 5.91 Å². The average Bonchev–Trinajstić information content (AvgIpc) is 2.78. The highest BCUT2D eigenvalue weighted by Gasteiger charge is 2.31. The van der Waals surface area contributed by atoms with Gasteiger partial charge in [0, 0.05) is 18.5 Å². The van der Waals surface area contributed by atoms with Crippen molar-refractivity contribution in [3.05, 3.63) is 107 Å². The largest absolute Gasteiger partial charge is 0.416 e. The van der Waals surface area contributed by atoms with Crippen LogP contribution in [0.2, 0.25) is 0 Å². The van der Waals surface area contributed by atoms with Crippen LogP contribution in [0.4, 0.5) is 17.6 Å². The molecule has 3 aromatic rings. The smallest absolute Gasteiger partial charge is 0.352 e. The molecule has 4 nitrogen and oxygen atoms in total. The lowest BCUT2D eigenvalue weighted by Gasteiger charge is -2.21. The number of nitrogens with one attached hydrogen (secondary N) is 2. The Morgan fingerprint density at radius 1 is 0.844 bits per heavy atom. The van der Waals surface area contributed by atoms with Crippen molar-refractivity contribution in [1.29, 1.82) is 0 Å². The Bertz CT molecular complexity index is 1070. The van der Waals surface area contributed by atoms with E-state index in [2.05, 4.69) is 10.6 Å². The van der Waals surface area contributed by atoms with Crippen molar-refractivity contribution in [3.63, 3.8) is 0 Å². The van der Waals surface area contributed by atoms with Gasteiger partial charge in [-0.1, -0.05) is 42.5 Å². The van der Waals surface area contributed by atoms with Gasteiger partial charge in [-0.3, -0.25) is 9.59 Å². The van der Waals surface area contributed by atoms with Gasteiger partial charge in [0.05, 0.1) is 11.6 Å². The Balaban J connectivity index is 1.68. The molecule has 0 spiro atoms. The average molecular weight is 444 g/mol. The quantitative estimate of drug-likeness (QED) is 0.511. The van der Waals surface area contributed by atoms with Gasteiger partial charge in [0.25, 0.3) is 5.91 Å². The minimum Gasteiger partial charge on any atom is -0.352 e. The first-order valence-electron chi connectivity index (χ1n) is 9.79. The van der Waals surface area contributed by atoms with Crippen LogP contribution in [0.5, 0.6) is 0 Å². The molecule has 0 aromatic heterocycles. The number of benzene rings is 3. The molecule has 0 aliphatic carbocycles. The third kappa shape index (κ3) is 6.16. The first-order chi connectivity index (χ1) is 15.2. The number of halogens is 4. The summed E-state index contributed by atoms with van der Waals surface area (Å²) < 4.78 is 52.4. The normalized spacial score (nSPS) is 12.1. The molecular weight excluding hydrogens is 424 g/mol. The Labute approximate surface area is 182 Å². The van der Waals surface area contributed by atoms with Crippen LogP contribution >= 0.6 is 0 Å². The zero-order chi connectivity index (χ0) is 23.1. The van der Waals surface area contributed by atoms with Crippen molar-refractivity contribution in [1.82, 2.24) is 10.6 Å². The predicted molar refractivity (Wildman–Crippen MR) is 111 cm³/mol. The molecule has 166 valence electrons. The molecule has 0 fully saturated rings. The van der Waals surface area contributed by atoms with Gasteiger partial charge in [0.1, 0.15) is 5.82 Å². The van der Waals surface area contributed by atoms with Crippen LogP contribution < -0.4 is 10.6 Å². The zero-order valence-corrected chi connectivity index (χ0v) is 16.8. The molecule has 1 atom stereocenters. The maximum atomic E-state index is 13.2. The molecule has 3 rings (SSSR count). The fourth-order valence-electron chi connectivity index (χ4n) is 3.13. The molecule has 0 aliphatic heterocycles. The van der Waals surface area contributed by atoms with Crippen molar-refractivity contribution < 1.29 is 27.2 Å². The molecule has 0 saturated carbocycles. The van der Waals surface area contributed by atoms with E-state index < -0.39 is 35.4 Å². The number of carbonyl (C=O) groups excluding carboxylic acids is 2. The summed E-state index contributed by atoms with van der Waals surface area (Å²) >= 11 is 0. The molecule has 1 unspecified atom stereocenters. The van der Waals surface area contributed by atoms with Crippen LogP contribution in [0.3, 0.4) is 0 Å². The Hall–Kier alpha value is -3.68. The Morgan fingerprint density at radius 3 is 2.16 bits per heavy atom. The fourth-order valence-corrected chi connectivity index (χ4v) is 3.13. The predicted octanol–water partition coefficient (Wildman–Crippen LogP) is 4.87. The van der Waals surface area contributed by atoms with Crippen LogP contribution in [0, 0.1) is 5.82 Å². The summed E-state index contributed by atoms with van der Waals surface area (Å²) in [6, 6.07) is 17.6. The highest BCUT2D eigenvalue weighted by atomic mass is 19.4. The summed E-state index contributed by atoms with van der Waals surface area (Å²) in [6.07, 6.45) is -4.60. The van der Waals surface area contributed by atoms with E-state index in [0.717, 1.165) is 24.3 Å². The molecular formula is C24H20F4N2O2. The van der Waals surface area contributed by atoms with Crippen molar-refractivity contribution in [2.75, 3.05) is 6.54 Å². The summed E-state index contributed by atoms with van der Waals surface area (Å²) in [7, 11) is 0. The molecule has 2 N–H and O–H groups in total. The highest BCUT2D eigenvalue weighted by Crippen LogP contribution is 2.32. The van der Waals surface area contributed by atoms with Crippen LogP contribution in [0.25, 0.3) is 0 Å². The highest BCUT2D eigenvalue weighted by molar-refractivity contribution is 5.94. The second-order valence-corrected chi connectivity index (χ2v) is 7.05. The van der Waals surface area contributed by atoms with Gasteiger partial charge in [-0.25, -0.2) is 4.39 Å². The SMILES string of the molecule is O=C(CCNC(=O)c1ccc(F)cc1)NC(c1ccccc1)c1cccc(C(F)(F)F)c1. The molecule has 0 heterocycles. The van der Waals surface area contributed by atoms with Crippen molar-refractivity contribution in [2.24, 2.45) is 0 Å². The number of rotatable bonds is 7. The molecule has 3 aromatic carbocycles.